The highest BCUT2D eigenvalue weighted by Gasteiger charge is 2.37. The summed E-state index contributed by atoms with van der Waals surface area (Å²) in [6.07, 6.45) is 0. The van der Waals surface area contributed by atoms with Gasteiger partial charge in [0.1, 0.15) is 0 Å². The van der Waals surface area contributed by atoms with E-state index in [0.717, 1.165) is 0 Å². The number of benzene rings is 4. The molecule has 0 nitrogen and oxygen atoms in total. The minimum atomic E-state index is 0.00523. The molecule has 0 aliphatic heterocycles. The van der Waals surface area contributed by atoms with Crippen molar-refractivity contribution < 1.29 is 0 Å². The fourth-order valence-corrected chi connectivity index (χ4v) is 4.59. The van der Waals surface area contributed by atoms with E-state index < -0.39 is 0 Å². The van der Waals surface area contributed by atoms with Gasteiger partial charge in [-0.05, 0) is 50.6 Å². The molecule has 4 aromatic carbocycles. The van der Waals surface area contributed by atoms with Crippen molar-refractivity contribution in [3.63, 3.8) is 0 Å². The minimum Gasteiger partial charge on any atom is -0.0622 e. The van der Waals surface area contributed by atoms with Crippen molar-refractivity contribution in [1.82, 2.24) is 0 Å². The molecule has 0 saturated carbocycles. The molecule has 0 amide bonds. The van der Waals surface area contributed by atoms with Crippen LogP contribution in [0, 0.1) is 0 Å². The van der Waals surface area contributed by atoms with Crippen molar-refractivity contribution in [1.29, 1.82) is 0 Å². The van der Waals surface area contributed by atoms with Crippen LogP contribution in [0.15, 0.2) is 97.1 Å². The van der Waals surface area contributed by atoms with Gasteiger partial charge in [-0.1, -0.05) is 105 Å². The predicted octanol–water partition coefficient (Wildman–Crippen LogP) is 7.33. The second-order valence-corrected chi connectivity index (χ2v) is 7.85. The summed E-state index contributed by atoms with van der Waals surface area (Å²) in [7, 11) is 0. The van der Waals surface area contributed by atoms with E-state index in [1.807, 2.05) is 0 Å². The molecular formula is C27H22. The van der Waals surface area contributed by atoms with Gasteiger partial charge in [0.05, 0.1) is 0 Å². The summed E-state index contributed by atoms with van der Waals surface area (Å²) in [5.41, 5.74) is 10.8. The molecular weight excluding hydrogens is 324 g/mol. The zero-order valence-electron chi connectivity index (χ0n) is 15.7. The summed E-state index contributed by atoms with van der Waals surface area (Å²) in [5.74, 6) is 0. The highest BCUT2D eigenvalue weighted by Crippen LogP contribution is 2.52. The Morgan fingerprint density at radius 3 is 1.93 bits per heavy atom. The summed E-state index contributed by atoms with van der Waals surface area (Å²) in [4.78, 5) is 0. The van der Waals surface area contributed by atoms with Crippen molar-refractivity contribution in [2.24, 2.45) is 0 Å². The molecule has 0 fully saturated rings. The molecule has 0 atom stereocenters. The summed E-state index contributed by atoms with van der Waals surface area (Å²) in [5, 5.41) is 0. The van der Waals surface area contributed by atoms with Crippen LogP contribution < -0.4 is 0 Å². The number of rotatable bonds is 2. The lowest BCUT2D eigenvalue weighted by molar-refractivity contribution is 0.662. The maximum atomic E-state index is 2.35. The maximum Gasteiger partial charge on any atom is 0.0165 e. The van der Waals surface area contributed by atoms with Crippen molar-refractivity contribution in [3.05, 3.63) is 108 Å². The van der Waals surface area contributed by atoms with Crippen LogP contribution in [0.25, 0.3) is 33.4 Å². The van der Waals surface area contributed by atoms with Gasteiger partial charge in [-0.2, -0.15) is 0 Å². The number of hydrogen-bond donors (Lipinski definition) is 0. The van der Waals surface area contributed by atoms with Gasteiger partial charge in [-0.25, -0.2) is 0 Å². The van der Waals surface area contributed by atoms with E-state index in [0.29, 0.717) is 0 Å². The Balaban J connectivity index is 1.72. The molecule has 0 saturated heterocycles. The molecule has 0 N–H and O–H groups in total. The highest BCUT2D eigenvalue weighted by molar-refractivity contribution is 5.88. The van der Waals surface area contributed by atoms with Gasteiger partial charge in [-0.3, -0.25) is 0 Å². The lowest BCUT2D eigenvalue weighted by atomic mass is 9.78. The quantitative estimate of drug-likeness (QED) is 0.356. The lowest BCUT2D eigenvalue weighted by Gasteiger charge is -2.24. The fourth-order valence-electron chi connectivity index (χ4n) is 4.59. The monoisotopic (exact) mass is 346 g/mol. The maximum absolute atomic E-state index is 2.35. The highest BCUT2D eigenvalue weighted by atomic mass is 14.4. The van der Waals surface area contributed by atoms with Gasteiger partial charge >= 0.3 is 0 Å². The lowest BCUT2D eigenvalue weighted by Crippen LogP contribution is -2.16. The van der Waals surface area contributed by atoms with Crippen LogP contribution in [0.4, 0.5) is 0 Å². The zero-order valence-corrected chi connectivity index (χ0v) is 15.7. The molecule has 0 unspecified atom stereocenters. The Morgan fingerprint density at radius 2 is 1.07 bits per heavy atom. The van der Waals surface area contributed by atoms with Crippen LogP contribution in [0.2, 0.25) is 0 Å². The molecule has 0 heterocycles. The number of hydrogen-bond acceptors (Lipinski definition) is 0. The summed E-state index contributed by atoms with van der Waals surface area (Å²) >= 11 is 0. The predicted molar refractivity (Wildman–Crippen MR) is 115 cm³/mol. The van der Waals surface area contributed by atoms with Gasteiger partial charge in [0, 0.05) is 5.41 Å². The van der Waals surface area contributed by atoms with Gasteiger partial charge in [-0.15, -0.1) is 0 Å². The van der Waals surface area contributed by atoms with Crippen LogP contribution in [-0.2, 0) is 5.41 Å². The largest absolute Gasteiger partial charge is 0.0622 e. The molecule has 27 heavy (non-hydrogen) atoms. The average Bonchev–Trinajstić information content (AvgIpc) is 2.97. The van der Waals surface area contributed by atoms with Crippen molar-refractivity contribution >= 4 is 0 Å². The molecule has 0 aromatic heterocycles. The van der Waals surface area contributed by atoms with E-state index >= 15 is 0 Å². The topological polar surface area (TPSA) is 0 Å². The summed E-state index contributed by atoms with van der Waals surface area (Å²) in [6.45, 7) is 4.70. The molecule has 4 aromatic rings. The Hall–Kier alpha value is -3.12. The second-order valence-electron chi connectivity index (χ2n) is 7.85. The third-order valence-corrected chi connectivity index (χ3v) is 5.86. The Labute approximate surface area is 161 Å². The van der Waals surface area contributed by atoms with Crippen LogP contribution >= 0.6 is 0 Å². The first kappa shape index (κ1) is 16.1. The van der Waals surface area contributed by atoms with Crippen molar-refractivity contribution in [2.75, 3.05) is 0 Å². The SMILES string of the molecule is CC1(C)c2ccccc2-c2cccc(-c3cccc(-c4ccccc4)c3)c21. The minimum absolute atomic E-state index is 0.00523. The average molecular weight is 346 g/mol. The third kappa shape index (κ3) is 2.44. The van der Waals surface area contributed by atoms with E-state index in [1.165, 1.54) is 44.5 Å². The van der Waals surface area contributed by atoms with E-state index in [-0.39, 0.29) is 5.41 Å². The third-order valence-electron chi connectivity index (χ3n) is 5.86. The van der Waals surface area contributed by atoms with Gasteiger partial charge < -0.3 is 0 Å². The van der Waals surface area contributed by atoms with Crippen molar-refractivity contribution in [3.8, 4) is 33.4 Å². The zero-order chi connectivity index (χ0) is 18.4. The molecule has 0 bridgehead atoms. The second kappa shape index (κ2) is 5.96. The molecule has 0 spiro atoms. The molecule has 1 aliphatic carbocycles. The first-order chi connectivity index (χ1) is 13.2. The van der Waals surface area contributed by atoms with Gasteiger partial charge in [0.15, 0.2) is 0 Å². The molecule has 1 aliphatic rings. The smallest absolute Gasteiger partial charge is 0.0165 e. The fraction of sp³-hybridized carbons (Fsp3) is 0.111. The van der Waals surface area contributed by atoms with E-state index in [1.54, 1.807) is 0 Å². The summed E-state index contributed by atoms with van der Waals surface area (Å²) in [6, 6.07) is 35.1. The Kier molecular flexibility index (Phi) is 3.55. The Bertz CT molecular complexity index is 1130. The molecule has 5 rings (SSSR count). The van der Waals surface area contributed by atoms with Crippen molar-refractivity contribution in [2.45, 2.75) is 19.3 Å². The molecule has 0 heteroatoms. The molecule has 130 valence electrons. The van der Waals surface area contributed by atoms with Crippen LogP contribution in [0.3, 0.4) is 0 Å². The van der Waals surface area contributed by atoms with E-state index in [9.17, 15) is 0 Å². The molecule has 0 radical (unpaired) electrons. The van der Waals surface area contributed by atoms with Gasteiger partial charge in [0.2, 0.25) is 0 Å². The van der Waals surface area contributed by atoms with Crippen LogP contribution in [0.5, 0.6) is 0 Å². The van der Waals surface area contributed by atoms with Gasteiger partial charge in [0.25, 0.3) is 0 Å². The Morgan fingerprint density at radius 1 is 0.481 bits per heavy atom. The number of fused-ring (bicyclic) bond motifs is 3. The first-order valence-corrected chi connectivity index (χ1v) is 9.55. The standard InChI is InChI=1S/C27H22/c1-27(2)25-17-7-6-14-23(25)24-16-9-15-22(26(24)27)21-13-8-12-20(18-21)19-10-4-3-5-11-19/h3-18H,1-2H3. The van der Waals surface area contributed by atoms with E-state index in [2.05, 4.69) is 111 Å². The van der Waals surface area contributed by atoms with Crippen LogP contribution in [0.1, 0.15) is 25.0 Å². The van der Waals surface area contributed by atoms with Crippen LogP contribution in [-0.4, -0.2) is 0 Å². The summed E-state index contributed by atoms with van der Waals surface area (Å²) < 4.78 is 0. The van der Waals surface area contributed by atoms with E-state index in [4.69, 9.17) is 0 Å². The normalized spacial score (nSPS) is 13.9. The first-order valence-electron chi connectivity index (χ1n) is 9.55.